The van der Waals surface area contributed by atoms with Gasteiger partial charge in [-0.15, -0.1) is 0 Å². The lowest BCUT2D eigenvalue weighted by atomic mass is 9.73. The summed E-state index contributed by atoms with van der Waals surface area (Å²) in [6.45, 7) is 6.96. The minimum Gasteiger partial charge on any atom is -0.493 e. The second-order valence-corrected chi connectivity index (χ2v) is 9.05. The number of fused-ring (bicyclic) bond motifs is 4. The number of aryl methyl sites for hydroxylation is 1. The van der Waals surface area contributed by atoms with Gasteiger partial charge in [-0.3, -0.25) is 4.79 Å². The minimum absolute atomic E-state index is 0.143. The Morgan fingerprint density at radius 2 is 1.93 bits per heavy atom. The van der Waals surface area contributed by atoms with Gasteiger partial charge in [0.25, 0.3) is 0 Å². The van der Waals surface area contributed by atoms with Gasteiger partial charge in [-0.05, 0) is 55.4 Å². The predicted molar refractivity (Wildman–Crippen MR) is 113 cm³/mol. The van der Waals surface area contributed by atoms with Gasteiger partial charge in [-0.2, -0.15) is 0 Å². The lowest BCUT2D eigenvalue weighted by molar-refractivity contribution is 0.0693. The van der Waals surface area contributed by atoms with Gasteiger partial charge >= 0.3 is 5.97 Å². The van der Waals surface area contributed by atoms with Crippen LogP contribution < -0.4 is 10.2 Å². The summed E-state index contributed by atoms with van der Waals surface area (Å²) in [7, 11) is 0. The Kier molecular flexibility index (Phi) is 5.01. The van der Waals surface area contributed by atoms with Crippen LogP contribution in [0.2, 0.25) is 0 Å². The first-order valence-electron chi connectivity index (χ1n) is 10.6. The van der Waals surface area contributed by atoms with E-state index >= 15 is 0 Å². The van der Waals surface area contributed by atoms with Gasteiger partial charge in [0.1, 0.15) is 11.3 Å². The number of pyridine rings is 1. The van der Waals surface area contributed by atoms with Crippen LogP contribution in [0.5, 0.6) is 5.75 Å². The highest BCUT2D eigenvalue weighted by Crippen LogP contribution is 2.46. The largest absolute Gasteiger partial charge is 0.493 e. The van der Waals surface area contributed by atoms with Crippen LogP contribution >= 0.6 is 0 Å². The van der Waals surface area contributed by atoms with Crippen molar-refractivity contribution in [2.45, 2.75) is 64.8 Å². The molecule has 2 heterocycles. The van der Waals surface area contributed by atoms with Crippen molar-refractivity contribution in [2.75, 3.05) is 6.61 Å². The number of rotatable bonds is 4. The summed E-state index contributed by atoms with van der Waals surface area (Å²) in [5.41, 5.74) is 3.34. The monoisotopic (exact) mass is 395 g/mol. The van der Waals surface area contributed by atoms with E-state index in [0.717, 1.165) is 54.7 Å². The fraction of sp³-hybridized carbons (Fsp3) is 0.500. The molecule has 1 spiro atoms. The summed E-state index contributed by atoms with van der Waals surface area (Å²) < 4.78 is 8.16. The Labute approximate surface area is 171 Å². The highest BCUT2D eigenvalue weighted by Gasteiger charge is 2.40. The topological polar surface area (TPSA) is 68.5 Å². The third kappa shape index (κ3) is 3.47. The number of carboxylic acid groups (broad SMARTS) is 1. The van der Waals surface area contributed by atoms with Crippen molar-refractivity contribution in [3.05, 3.63) is 51.3 Å². The number of carboxylic acids is 1. The number of hydrogen-bond donors (Lipinski definition) is 1. The lowest BCUT2D eigenvalue weighted by Gasteiger charge is -2.45. The summed E-state index contributed by atoms with van der Waals surface area (Å²) >= 11 is 0. The SMILES string of the molecule is Cc1cc2c(cc1OCC(C)C)CC1(CCCCC1)n1cc(C(=O)O)c(=O)cc1-2. The number of nitrogens with zero attached hydrogens (tertiary/aromatic N) is 1. The van der Waals surface area contributed by atoms with Crippen molar-refractivity contribution in [2.24, 2.45) is 5.92 Å². The molecular weight excluding hydrogens is 366 g/mol. The van der Waals surface area contributed by atoms with E-state index in [2.05, 4.69) is 30.5 Å². The van der Waals surface area contributed by atoms with E-state index in [1.54, 1.807) is 6.20 Å². The van der Waals surface area contributed by atoms with Crippen LogP contribution in [0.4, 0.5) is 0 Å². The Morgan fingerprint density at radius 1 is 1.21 bits per heavy atom. The van der Waals surface area contributed by atoms with E-state index in [0.29, 0.717) is 12.5 Å². The van der Waals surface area contributed by atoms with Crippen molar-refractivity contribution in [1.82, 2.24) is 4.57 Å². The molecule has 29 heavy (non-hydrogen) atoms. The normalized spacial score (nSPS) is 17.1. The molecule has 5 nitrogen and oxygen atoms in total. The molecule has 154 valence electrons. The fourth-order valence-electron chi connectivity index (χ4n) is 4.89. The number of benzene rings is 1. The van der Waals surface area contributed by atoms with Crippen LogP contribution in [0, 0.1) is 12.8 Å². The molecule has 0 amide bonds. The minimum atomic E-state index is -1.16. The van der Waals surface area contributed by atoms with Gasteiger partial charge in [0.2, 0.25) is 0 Å². The van der Waals surface area contributed by atoms with Crippen LogP contribution in [0.15, 0.2) is 29.2 Å². The first-order valence-corrected chi connectivity index (χ1v) is 10.6. The van der Waals surface area contributed by atoms with Crippen LogP contribution in [0.25, 0.3) is 11.3 Å². The van der Waals surface area contributed by atoms with Gasteiger partial charge in [-0.1, -0.05) is 33.1 Å². The Morgan fingerprint density at radius 3 is 2.59 bits per heavy atom. The molecule has 0 atom stereocenters. The molecule has 0 radical (unpaired) electrons. The van der Waals surface area contributed by atoms with Crippen LogP contribution in [-0.4, -0.2) is 22.2 Å². The second-order valence-electron chi connectivity index (χ2n) is 9.05. The summed E-state index contributed by atoms with van der Waals surface area (Å²) in [5, 5.41) is 9.50. The fourth-order valence-corrected chi connectivity index (χ4v) is 4.89. The molecule has 1 aromatic heterocycles. The molecule has 2 aromatic rings. The quantitative estimate of drug-likeness (QED) is 0.809. The first kappa shape index (κ1) is 19.7. The van der Waals surface area contributed by atoms with E-state index in [1.165, 1.54) is 18.1 Å². The highest BCUT2D eigenvalue weighted by atomic mass is 16.5. The van der Waals surface area contributed by atoms with E-state index in [-0.39, 0.29) is 11.1 Å². The zero-order chi connectivity index (χ0) is 20.8. The molecule has 4 rings (SSSR count). The molecule has 0 saturated heterocycles. The molecule has 1 aliphatic carbocycles. The Hall–Kier alpha value is -2.56. The molecule has 2 aliphatic rings. The third-order valence-corrected chi connectivity index (χ3v) is 6.35. The zero-order valence-electron chi connectivity index (χ0n) is 17.5. The van der Waals surface area contributed by atoms with Crippen molar-refractivity contribution >= 4 is 5.97 Å². The lowest BCUT2D eigenvalue weighted by Crippen LogP contribution is -2.42. The van der Waals surface area contributed by atoms with Gasteiger partial charge in [0.15, 0.2) is 5.43 Å². The van der Waals surface area contributed by atoms with Crippen molar-refractivity contribution in [3.8, 4) is 17.0 Å². The van der Waals surface area contributed by atoms with Crippen LogP contribution in [-0.2, 0) is 12.0 Å². The molecule has 1 aromatic carbocycles. The first-order chi connectivity index (χ1) is 13.8. The number of hydrogen-bond acceptors (Lipinski definition) is 3. The van der Waals surface area contributed by atoms with Crippen molar-refractivity contribution in [1.29, 1.82) is 0 Å². The van der Waals surface area contributed by atoms with E-state index in [4.69, 9.17) is 4.74 Å². The van der Waals surface area contributed by atoms with Crippen molar-refractivity contribution in [3.63, 3.8) is 0 Å². The van der Waals surface area contributed by atoms with Crippen LogP contribution in [0.3, 0.4) is 0 Å². The highest BCUT2D eigenvalue weighted by molar-refractivity contribution is 5.88. The summed E-state index contributed by atoms with van der Waals surface area (Å²) in [5.74, 6) is 0.195. The van der Waals surface area contributed by atoms with E-state index in [9.17, 15) is 14.7 Å². The molecule has 1 saturated carbocycles. The number of aromatic carboxylic acids is 1. The zero-order valence-corrected chi connectivity index (χ0v) is 17.5. The third-order valence-electron chi connectivity index (χ3n) is 6.35. The van der Waals surface area contributed by atoms with E-state index < -0.39 is 11.4 Å². The number of carbonyl (C=O) groups is 1. The predicted octanol–water partition coefficient (Wildman–Crippen LogP) is 4.77. The molecule has 5 heteroatoms. The van der Waals surface area contributed by atoms with Crippen LogP contribution in [0.1, 0.15) is 67.4 Å². The Balaban J connectivity index is 1.90. The van der Waals surface area contributed by atoms with Crippen molar-refractivity contribution < 1.29 is 14.6 Å². The standard InChI is InChI=1S/C24H29NO4/c1-15(2)14-29-22-10-17-12-24(7-5-4-6-8-24)25-13-19(23(27)28)21(26)11-20(25)18(17)9-16(22)3/h9-11,13,15H,4-8,12,14H2,1-3H3,(H,27,28). The van der Waals surface area contributed by atoms with Gasteiger partial charge in [-0.25, -0.2) is 4.79 Å². The second kappa shape index (κ2) is 7.36. The molecule has 1 aliphatic heterocycles. The number of aromatic nitrogens is 1. The molecule has 0 bridgehead atoms. The Bertz CT molecular complexity index is 1010. The molecule has 1 N–H and O–H groups in total. The van der Waals surface area contributed by atoms with E-state index in [1.807, 2.05) is 6.92 Å². The maximum absolute atomic E-state index is 12.5. The smallest absolute Gasteiger partial charge is 0.341 e. The summed E-state index contributed by atoms with van der Waals surface area (Å²) in [6, 6.07) is 5.75. The summed E-state index contributed by atoms with van der Waals surface area (Å²) in [4.78, 5) is 24.1. The molecule has 0 unspecified atom stereocenters. The van der Waals surface area contributed by atoms with Gasteiger partial charge in [0, 0.05) is 23.4 Å². The summed E-state index contributed by atoms with van der Waals surface area (Å²) in [6.07, 6.45) is 7.86. The average molecular weight is 395 g/mol. The van der Waals surface area contributed by atoms with Gasteiger partial charge < -0.3 is 14.4 Å². The van der Waals surface area contributed by atoms with Gasteiger partial charge in [0.05, 0.1) is 12.3 Å². The molecule has 1 fully saturated rings. The maximum atomic E-state index is 12.5. The average Bonchev–Trinajstić information content (AvgIpc) is 2.67. The maximum Gasteiger partial charge on any atom is 0.341 e. The molecular formula is C24H29NO4. The number of ether oxygens (including phenoxy) is 1.